The summed E-state index contributed by atoms with van der Waals surface area (Å²) in [5.41, 5.74) is -2.23. The molecule has 1 saturated carbocycles. The first-order valence-electron chi connectivity index (χ1n) is 6.59. The minimum Gasteiger partial charge on any atom is -0.388 e. The number of hydrogen-bond donors (Lipinski definition) is 1. The van der Waals surface area contributed by atoms with E-state index < -0.39 is 20.9 Å². The van der Waals surface area contributed by atoms with Crippen molar-refractivity contribution in [1.82, 2.24) is 0 Å². The van der Waals surface area contributed by atoms with Crippen molar-refractivity contribution in [3.05, 3.63) is 0 Å². The van der Waals surface area contributed by atoms with Gasteiger partial charge in [-0.25, -0.2) is 8.42 Å². The number of sulfone groups is 1. The Bertz CT molecular complexity index is 481. The quantitative estimate of drug-likeness (QED) is 0.784. The summed E-state index contributed by atoms with van der Waals surface area (Å²) in [6.45, 7) is 4.08. The van der Waals surface area contributed by atoms with Crippen LogP contribution < -0.4 is 0 Å². The molecule has 2 fully saturated rings. The Hall–Kier alpha value is -0.600. The molecule has 2 rings (SSSR count). The lowest BCUT2D eigenvalue weighted by Crippen LogP contribution is -2.55. The number of rotatable bonds is 1. The summed E-state index contributed by atoms with van der Waals surface area (Å²) in [7, 11) is -3.17. The van der Waals surface area contributed by atoms with Crippen LogP contribution in [0.15, 0.2) is 0 Å². The Kier molecular flexibility index (Phi) is 3.23. The summed E-state index contributed by atoms with van der Waals surface area (Å²) in [6.07, 6.45) is 2.55. The van der Waals surface area contributed by atoms with Gasteiger partial charge in [0.25, 0.3) is 0 Å². The largest absolute Gasteiger partial charge is 0.388 e. The molecular formula is C13H21NO3S. The van der Waals surface area contributed by atoms with Gasteiger partial charge in [-0.15, -0.1) is 0 Å². The Balaban J connectivity index is 2.37. The molecule has 0 radical (unpaired) electrons. The van der Waals surface area contributed by atoms with Gasteiger partial charge in [0.1, 0.15) is 5.41 Å². The molecule has 0 aromatic carbocycles. The third-order valence-corrected chi connectivity index (χ3v) is 6.70. The third-order valence-electron chi connectivity index (χ3n) is 4.94. The fourth-order valence-corrected chi connectivity index (χ4v) is 5.73. The lowest BCUT2D eigenvalue weighted by atomic mass is 9.59. The fraction of sp³-hybridized carbons (Fsp3) is 0.923. The Morgan fingerprint density at radius 1 is 1.33 bits per heavy atom. The maximum absolute atomic E-state index is 11.7. The van der Waals surface area contributed by atoms with E-state index in [4.69, 9.17) is 0 Å². The van der Waals surface area contributed by atoms with E-state index in [2.05, 4.69) is 13.0 Å². The van der Waals surface area contributed by atoms with Crippen LogP contribution in [-0.2, 0) is 9.84 Å². The summed E-state index contributed by atoms with van der Waals surface area (Å²) in [5.74, 6) is 0.375. The van der Waals surface area contributed by atoms with Crippen molar-refractivity contribution in [1.29, 1.82) is 5.26 Å². The number of aliphatic hydroxyl groups is 1. The van der Waals surface area contributed by atoms with E-state index in [9.17, 15) is 18.8 Å². The summed E-state index contributed by atoms with van der Waals surface area (Å²) >= 11 is 0. The summed E-state index contributed by atoms with van der Waals surface area (Å²) < 4.78 is 23.4. The first kappa shape index (κ1) is 13.8. The maximum Gasteiger partial charge on any atom is 0.152 e. The summed E-state index contributed by atoms with van der Waals surface area (Å²) in [6, 6.07) is 2.16. The van der Waals surface area contributed by atoms with Gasteiger partial charge in [-0.1, -0.05) is 13.8 Å². The van der Waals surface area contributed by atoms with Gasteiger partial charge in [-0.2, -0.15) is 5.26 Å². The zero-order valence-electron chi connectivity index (χ0n) is 11.0. The topological polar surface area (TPSA) is 78.2 Å². The zero-order chi connectivity index (χ0) is 13.6. The van der Waals surface area contributed by atoms with Crippen molar-refractivity contribution in [2.24, 2.45) is 17.3 Å². The first-order valence-corrected chi connectivity index (χ1v) is 8.41. The maximum atomic E-state index is 11.7. The predicted octanol–water partition coefficient (Wildman–Crippen LogP) is 1.50. The van der Waals surface area contributed by atoms with Crippen LogP contribution in [0.1, 0.15) is 39.5 Å². The smallest absolute Gasteiger partial charge is 0.152 e. The van der Waals surface area contributed by atoms with Crippen LogP contribution >= 0.6 is 0 Å². The second kappa shape index (κ2) is 4.21. The van der Waals surface area contributed by atoms with Gasteiger partial charge in [-0.3, -0.25) is 0 Å². The highest BCUT2D eigenvalue weighted by molar-refractivity contribution is 7.91. The molecule has 5 heteroatoms. The van der Waals surface area contributed by atoms with Gasteiger partial charge >= 0.3 is 0 Å². The van der Waals surface area contributed by atoms with Gasteiger partial charge in [0.2, 0.25) is 0 Å². The second-order valence-corrected chi connectivity index (χ2v) is 8.42. The average Bonchev–Trinajstić information content (AvgIpc) is 2.62. The molecule has 1 heterocycles. The van der Waals surface area contributed by atoms with E-state index in [0.717, 1.165) is 12.8 Å². The molecule has 4 atom stereocenters. The Labute approximate surface area is 109 Å². The Morgan fingerprint density at radius 2 is 2.00 bits per heavy atom. The van der Waals surface area contributed by atoms with Crippen LogP contribution in [0.4, 0.5) is 0 Å². The lowest BCUT2D eigenvalue weighted by molar-refractivity contribution is -0.118. The normalized spacial score (nSPS) is 47.7. The summed E-state index contributed by atoms with van der Waals surface area (Å²) in [5, 5.41) is 20.4. The van der Waals surface area contributed by atoms with Gasteiger partial charge in [-0.05, 0) is 37.5 Å². The molecule has 4 nitrogen and oxygen atoms in total. The molecule has 0 aromatic heterocycles. The SMILES string of the molecule is CC1CCC(O)(C2(C#N)CCS(=O)(=O)C2)C(C)C1. The molecule has 1 N–H and O–H groups in total. The Morgan fingerprint density at radius 3 is 2.44 bits per heavy atom. The molecule has 0 aromatic rings. The van der Waals surface area contributed by atoms with E-state index >= 15 is 0 Å². The van der Waals surface area contributed by atoms with Crippen LogP contribution in [0.5, 0.6) is 0 Å². The lowest BCUT2D eigenvalue weighted by Gasteiger charge is -2.48. The van der Waals surface area contributed by atoms with Crippen molar-refractivity contribution in [2.75, 3.05) is 11.5 Å². The highest BCUT2D eigenvalue weighted by Crippen LogP contribution is 2.52. The van der Waals surface area contributed by atoms with Crippen LogP contribution in [0.2, 0.25) is 0 Å². The second-order valence-electron chi connectivity index (χ2n) is 6.24. The standard InChI is InChI=1S/C13H21NO3S/c1-10-3-4-13(15,11(2)7-10)12(8-14)5-6-18(16,17)9-12/h10-11,15H,3-7,9H2,1-2H3. The molecule has 0 amide bonds. The minimum absolute atomic E-state index is 0.0193. The van der Waals surface area contributed by atoms with E-state index in [1.54, 1.807) is 0 Å². The molecular weight excluding hydrogens is 250 g/mol. The molecule has 4 unspecified atom stereocenters. The molecule has 1 saturated heterocycles. The van der Waals surface area contributed by atoms with E-state index in [0.29, 0.717) is 12.3 Å². The molecule has 102 valence electrons. The predicted molar refractivity (Wildman–Crippen MR) is 68.4 cm³/mol. The highest BCUT2D eigenvalue weighted by Gasteiger charge is 2.59. The van der Waals surface area contributed by atoms with Crippen LogP contribution in [0.25, 0.3) is 0 Å². The van der Waals surface area contributed by atoms with Crippen molar-refractivity contribution >= 4 is 9.84 Å². The number of nitrogens with zero attached hydrogens (tertiary/aromatic N) is 1. The van der Waals surface area contributed by atoms with Crippen molar-refractivity contribution in [3.8, 4) is 6.07 Å². The van der Waals surface area contributed by atoms with Crippen molar-refractivity contribution in [2.45, 2.75) is 45.1 Å². The van der Waals surface area contributed by atoms with Crippen molar-refractivity contribution in [3.63, 3.8) is 0 Å². The molecule has 2 aliphatic rings. The molecule has 18 heavy (non-hydrogen) atoms. The number of hydrogen-bond acceptors (Lipinski definition) is 4. The fourth-order valence-electron chi connectivity index (χ4n) is 3.72. The van der Waals surface area contributed by atoms with Crippen LogP contribution in [0, 0.1) is 28.6 Å². The zero-order valence-corrected chi connectivity index (χ0v) is 11.8. The van der Waals surface area contributed by atoms with E-state index in [-0.39, 0.29) is 23.8 Å². The van der Waals surface area contributed by atoms with Gasteiger partial charge in [0.05, 0.1) is 23.2 Å². The van der Waals surface area contributed by atoms with Crippen LogP contribution in [0.3, 0.4) is 0 Å². The van der Waals surface area contributed by atoms with Crippen molar-refractivity contribution < 1.29 is 13.5 Å². The monoisotopic (exact) mass is 271 g/mol. The van der Waals surface area contributed by atoms with Gasteiger partial charge in [0.15, 0.2) is 9.84 Å². The molecule has 1 aliphatic heterocycles. The van der Waals surface area contributed by atoms with Crippen LogP contribution in [-0.4, -0.2) is 30.6 Å². The van der Waals surface area contributed by atoms with Gasteiger partial charge < -0.3 is 5.11 Å². The third kappa shape index (κ3) is 1.96. The number of nitriles is 1. The van der Waals surface area contributed by atoms with E-state index in [1.165, 1.54) is 0 Å². The average molecular weight is 271 g/mol. The minimum atomic E-state index is -3.17. The molecule has 1 aliphatic carbocycles. The molecule has 0 bridgehead atoms. The molecule has 0 spiro atoms. The van der Waals surface area contributed by atoms with E-state index in [1.807, 2.05) is 6.92 Å². The highest BCUT2D eigenvalue weighted by atomic mass is 32.2. The summed E-state index contributed by atoms with van der Waals surface area (Å²) in [4.78, 5) is 0. The first-order chi connectivity index (χ1) is 8.25. The van der Waals surface area contributed by atoms with Gasteiger partial charge in [0, 0.05) is 0 Å².